The van der Waals surface area contributed by atoms with E-state index in [-0.39, 0.29) is 29.1 Å². The molecule has 3 rings (SSSR count). The summed E-state index contributed by atoms with van der Waals surface area (Å²) in [6, 6.07) is 0. The Balaban J connectivity index is 1.77. The monoisotopic (exact) mass is 376 g/mol. The Labute approximate surface area is 156 Å². The Morgan fingerprint density at radius 2 is 2.00 bits per heavy atom. The number of ether oxygens (including phenoxy) is 1. The van der Waals surface area contributed by atoms with Gasteiger partial charge in [-0.2, -0.15) is 5.10 Å². The van der Waals surface area contributed by atoms with Crippen LogP contribution in [0, 0.1) is 23.7 Å². The molecule has 3 N–H and O–H groups in total. The van der Waals surface area contributed by atoms with E-state index in [0.29, 0.717) is 26.1 Å². The van der Waals surface area contributed by atoms with Gasteiger partial charge in [0.2, 0.25) is 5.91 Å². The van der Waals surface area contributed by atoms with E-state index in [9.17, 15) is 19.5 Å². The van der Waals surface area contributed by atoms with Gasteiger partial charge in [-0.3, -0.25) is 19.1 Å². The fraction of sp³-hybridized carbons (Fsp3) is 0.556. The van der Waals surface area contributed by atoms with Gasteiger partial charge in [0.05, 0.1) is 24.1 Å². The Bertz CT molecular complexity index is 772. The molecular formula is C18H24N4O5. The van der Waals surface area contributed by atoms with Crippen molar-refractivity contribution < 1.29 is 24.2 Å². The number of aryl methyl sites for hydroxylation is 1. The Morgan fingerprint density at radius 3 is 2.63 bits per heavy atom. The fourth-order valence-corrected chi connectivity index (χ4v) is 3.93. The summed E-state index contributed by atoms with van der Waals surface area (Å²) < 4.78 is 6.46. The van der Waals surface area contributed by atoms with E-state index in [4.69, 9.17) is 4.74 Å². The number of allylic oxidation sites excluding steroid dienone is 2. The summed E-state index contributed by atoms with van der Waals surface area (Å²) >= 11 is 0. The maximum absolute atomic E-state index is 12.9. The van der Waals surface area contributed by atoms with Gasteiger partial charge in [-0.15, -0.1) is 0 Å². The number of methoxy groups -OCH3 is 1. The van der Waals surface area contributed by atoms with Crippen LogP contribution in [0.1, 0.15) is 23.8 Å². The van der Waals surface area contributed by atoms with Crippen molar-refractivity contribution in [3.05, 3.63) is 24.0 Å². The Hall–Kier alpha value is -2.68. The average molecular weight is 376 g/mol. The molecule has 2 aliphatic rings. The van der Waals surface area contributed by atoms with Crippen molar-refractivity contribution in [1.82, 2.24) is 15.1 Å². The number of nitrogens with zero attached hydrogens (tertiary/aromatic N) is 2. The first-order valence-electron chi connectivity index (χ1n) is 9.02. The van der Waals surface area contributed by atoms with E-state index in [1.54, 1.807) is 10.9 Å². The molecule has 0 radical (unpaired) electrons. The quantitative estimate of drug-likeness (QED) is 0.454. The van der Waals surface area contributed by atoms with Crippen LogP contribution in [-0.2, 0) is 20.9 Å². The zero-order valence-electron chi connectivity index (χ0n) is 15.3. The van der Waals surface area contributed by atoms with E-state index in [0.717, 1.165) is 0 Å². The highest BCUT2D eigenvalue weighted by Gasteiger charge is 2.51. The van der Waals surface area contributed by atoms with Crippen molar-refractivity contribution in [1.29, 1.82) is 0 Å². The second-order valence-electron chi connectivity index (χ2n) is 6.82. The third-order valence-corrected chi connectivity index (χ3v) is 5.20. The van der Waals surface area contributed by atoms with Crippen molar-refractivity contribution >= 4 is 23.5 Å². The molecule has 1 aromatic heterocycles. The predicted octanol–water partition coefficient (Wildman–Crippen LogP) is 0.741. The number of aliphatic carboxylic acids is 1. The first kappa shape index (κ1) is 19.1. The largest absolute Gasteiger partial charge is 0.481 e. The molecule has 2 bridgehead atoms. The molecule has 2 aliphatic carbocycles. The Kier molecular flexibility index (Phi) is 5.59. The second kappa shape index (κ2) is 7.91. The summed E-state index contributed by atoms with van der Waals surface area (Å²) in [6.45, 7) is 3.08. The molecule has 0 unspecified atom stereocenters. The molecule has 0 aromatic carbocycles. The number of carboxylic acids is 1. The van der Waals surface area contributed by atoms with Crippen LogP contribution in [0.15, 0.2) is 18.3 Å². The summed E-state index contributed by atoms with van der Waals surface area (Å²) in [5, 5.41) is 19.1. The van der Waals surface area contributed by atoms with Crippen molar-refractivity contribution in [3.8, 4) is 0 Å². The van der Waals surface area contributed by atoms with Gasteiger partial charge < -0.3 is 20.5 Å². The van der Waals surface area contributed by atoms with Gasteiger partial charge in [0.1, 0.15) is 0 Å². The van der Waals surface area contributed by atoms with E-state index >= 15 is 0 Å². The number of carbonyl (C=O) groups is 3. The number of rotatable bonds is 8. The molecule has 0 aliphatic heterocycles. The summed E-state index contributed by atoms with van der Waals surface area (Å²) in [4.78, 5) is 36.9. The smallest absolute Gasteiger partial charge is 0.307 e. The van der Waals surface area contributed by atoms with Crippen LogP contribution < -0.4 is 10.6 Å². The molecule has 0 spiro atoms. The van der Waals surface area contributed by atoms with Gasteiger partial charge in [-0.1, -0.05) is 12.2 Å². The second-order valence-corrected chi connectivity index (χ2v) is 6.82. The standard InChI is InChI=1S/C18H24N4O5/c1-3-22-9-12(15(21-22)17(24)19-6-7-27-2)20-16(23)13-10-4-5-11(8-10)14(13)18(25)26/h4-5,9-11,13-14H,3,6-8H2,1-2H3,(H,19,24)(H,20,23)(H,25,26)/t10-,11+,13+,14+/m1/s1. The number of aromatic nitrogens is 2. The molecule has 9 nitrogen and oxygen atoms in total. The molecule has 146 valence electrons. The lowest BCUT2D eigenvalue weighted by Gasteiger charge is -2.23. The van der Waals surface area contributed by atoms with E-state index in [2.05, 4.69) is 15.7 Å². The number of fused-ring (bicyclic) bond motifs is 2. The maximum atomic E-state index is 12.9. The van der Waals surface area contributed by atoms with E-state index < -0.39 is 23.7 Å². The first-order chi connectivity index (χ1) is 13.0. The van der Waals surface area contributed by atoms with Crippen LogP contribution in [0.5, 0.6) is 0 Å². The molecule has 4 atom stereocenters. The number of hydrogen-bond donors (Lipinski definition) is 3. The number of amides is 2. The molecule has 1 aromatic rings. The summed E-state index contributed by atoms with van der Waals surface area (Å²) in [5.41, 5.74) is 0.388. The highest BCUT2D eigenvalue weighted by Crippen LogP contribution is 2.48. The summed E-state index contributed by atoms with van der Waals surface area (Å²) in [7, 11) is 1.53. The van der Waals surface area contributed by atoms with Crippen LogP contribution in [0.3, 0.4) is 0 Å². The minimum Gasteiger partial charge on any atom is -0.481 e. The number of carbonyl (C=O) groups excluding carboxylic acids is 2. The lowest BCUT2D eigenvalue weighted by atomic mass is 9.82. The van der Waals surface area contributed by atoms with Crippen molar-refractivity contribution in [2.45, 2.75) is 19.9 Å². The molecular weight excluding hydrogens is 352 g/mol. The van der Waals surface area contributed by atoms with Crippen LogP contribution >= 0.6 is 0 Å². The first-order valence-corrected chi connectivity index (χ1v) is 9.02. The van der Waals surface area contributed by atoms with Gasteiger partial charge in [0.15, 0.2) is 5.69 Å². The zero-order chi connectivity index (χ0) is 19.6. The van der Waals surface area contributed by atoms with Gasteiger partial charge in [-0.25, -0.2) is 0 Å². The third kappa shape index (κ3) is 3.73. The van der Waals surface area contributed by atoms with Crippen LogP contribution in [0.2, 0.25) is 0 Å². The third-order valence-electron chi connectivity index (χ3n) is 5.20. The maximum Gasteiger partial charge on any atom is 0.307 e. The number of nitrogens with one attached hydrogen (secondary N) is 2. The minimum absolute atomic E-state index is 0.0868. The SMILES string of the molecule is CCn1cc(NC(=O)[C@@H]2[C@@H](C(=O)O)[C@H]3C=C[C@@H]2C3)c(C(=O)NCCOC)n1. The molecule has 2 amide bonds. The molecule has 1 heterocycles. The lowest BCUT2D eigenvalue weighted by Crippen LogP contribution is -2.37. The molecule has 0 saturated heterocycles. The predicted molar refractivity (Wildman–Crippen MR) is 96.1 cm³/mol. The van der Waals surface area contributed by atoms with E-state index in [1.807, 2.05) is 19.1 Å². The average Bonchev–Trinajstić information content (AvgIpc) is 3.35. The summed E-state index contributed by atoms with van der Waals surface area (Å²) in [6.07, 6.45) is 6.06. The highest BCUT2D eigenvalue weighted by molar-refractivity contribution is 6.03. The van der Waals surface area contributed by atoms with Crippen molar-refractivity contribution in [2.24, 2.45) is 23.7 Å². The lowest BCUT2D eigenvalue weighted by molar-refractivity contribution is -0.146. The van der Waals surface area contributed by atoms with Crippen molar-refractivity contribution in [2.75, 3.05) is 25.6 Å². The van der Waals surface area contributed by atoms with Gasteiger partial charge in [0.25, 0.3) is 5.91 Å². The summed E-state index contributed by atoms with van der Waals surface area (Å²) in [5.74, 6) is -3.35. The number of hydrogen-bond acceptors (Lipinski definition) is 5. The van der Waals surface area contributed by atoms with Crippen LogP contribution in [0.4, 0.5) is 5.69 Å². The fourth-order valence-electron chi connectivity index (χ4n) is 3.93. The van der Waals surface area contributed by atoms with Crippen LogP contribution in [0.25, 0.3) is 0 Å². The molecule has 9 heteroatoms. The van der Waals surface area contributed by atoms with E-state index in [1.165, 1.54) is 7.11 Å². The number of carboxylic acid groups (broad SMARTS) is 1. The van der Waals surface area contributed by atoms with Crippen molar-refractivity contribution in [3.63, 3.8) is 0 Å². The van der Waals surface area contributed by atoms with Gasteiger partial charge in [0, 0.05) is 26.4 Å². The van der Waals surface area contributed by atoms with Crippen LogP contribution in [-0.4, -0.2) is 52.9 Å². The topological polar surface area (TPSA) is 123 Å². The van der Waals surface area contributed by atoms with Gasteiger partial charge in [-0.05, 0) is 25.2 Å². The molecule has 27 heavy (non-hydrogen) atoms. The molecule has 1 fully saturated rings. The molecule has 1 saturated carbocycles. The zero-order valence-corrected chi connectivity index (χ0v) is 15.3. The van der Waals surface area contributed by atoms with Gasteiger partial charge >= 0.3 is 5.97 Å². The Morgan fingerprint density at radius 1 is 1.30 bits per heavy atom. The number of anilines is 1. The normalized spacial score (nSPS) is 25.6. The highest BCUT2D eigenvalue weighted by atomic mass is 16.5. The minimum atomic E-state index is -0.964.